The predicted molar refractivity (Wildman–Crippen MR) is 88.1 cm³/mol. The summed E-state index contributed by atoms with van der Waals surface area (Å²) in [6, 6.07) is 15.2. The molecule has 110 valence electrons. The van der Waals surface area contributed by atoms with Gasteiger partial charge in [0.25, 0.3) is 0 Å². The topological polar surface area (TPSA) is 41.8 Å². The highest BCUT2D eigenvalue weighted by Crippen LogP contribution is 2.22. The minimum atomic E-state index is 0.660. The molecule has 5 heteroatoms. The Labute approximate surface area is 133 Å². The number of halogens is 1. The van der Waals surface area contributed by atoms with E-state index in [1.807, 2.05) is 36.4 Å². The molecule has 2 aromatic carbocycles. The van der Waals surface area contributed by atoms with Crippen LogP contribution in [0.2, 0.25) is 5.02 Å². The van der Waals surface area contributed by atoms with Crippen LogP contribution in [0.4, 0.5) is 0 Å². The number of thioether (sulfide) groups is 1. The SMILES string of the molecule is COc1ccc(SCC/C(=N\O)c2ccc(Cl)cc2)cc1. The molecule has 0 bridgehead atoms. The van der Waals surface area contributed by atoms with Crippen molar-refractivity contribution in [1.29, 1.82) is 0 Å². The second-order valence-electron chi connectivity index (χ2n) is 4.33. The minimum absolute atomic E-state index is 0.660. The van der Waals surface area contributed by atoms with Crippen molar-refractivity contribution in [3.63, 3.8) is 0 Å². The molecule has 21 heavy (non-hydrogen) atoms. The monoisotopic (exact) mass is 321 g/mol. The number of hydrogen-bond acceptors (Lipinski definition) is 4. The van der Waals surface area contributed by atoms with Crippen LogP contribution in [0.15, 0.2) is 58.6 Å². The fourth-order valence-electron chi connectivity index (χ4n) is 1.83. The van der Waals surface area contributed by atoms with Gasteiger partial charge in [-0.25, -0.2) is 0 Å². The third kappa shape index (κ3) is 4.69. The molecule has 0 aliphatic heterocycles. The molecule has 2 rings (SSSR count). The Hall–Kier alpha value is -1.65. The van der Waals surface area contributed by atoms with Gasteiger partial charge < -0.3 is 9.94 Å². The van der Waals surface area contributed by atoms with E-state index < -0.39 is 0 Å². The summed E-state index contributed by atoms with van der Waals surface area (Å²) >= 11 is 7.56. The number of nitrogens with zero attached hydrogens (tertiary/aromatic N) is 1. The van der Waals surface area contributed by atoms with Gasteiger partial charge in [0.15, 0.2) is 0 Å². The van der Waals surface area contributed by atoms with Crippen molar-refractivity contribution >= 4 is 29.1 Å². The van der Waals surface area contributed by atoms with Gasteiger partial charge in [-0.3, -0.25) is 0 Å². The van der Waals surface area contributed by atoms with Gasteiger partial charge in [0, 0.05) is 22.1 Å². The van der Waals surface area contributed by atoms with E-state index in [0.717, 1.165) is 22.0 Å². The summed E-state index contributed by atoms with van der Waals surface area (Å²) in [5.41, 5.74) is 1.55. The first-order chi connectivity index (χ1) is 10.2. The van der Waals surface area contributed by atoms with Gasteiger partial charge in [-0.05, 0) is 42.0 Å². The van der Waals surface area contributed by atoms with E-state index in [-0.39, 0.29) is 0 Å². The lowest BCUT2D eigenvalue weighted by atomic mass is 10.1. The molecule has 3 nitrogen and oxygen atoms in total. The molecular weight excluding hydrogens is 306 g/mol. The van der Waals surface area contributed by atoms with Gasteiger partial charge in [0.2, 0.25) is 0 Å². The highest BCUT2D eigenvalue weighted by molar-refractivity contribution is 7.99. The quantitative estimate of drug-likeness (QED) is 0.362. The Morgan fingerprint density at radius 2 is 1.81 bits per heavy atom. The Balaban J connectivity index is 1.90. The lowest BCUT2D eigenvalue weighted by Crippen LogP contribution is -2.02. The number of hydrogen-bond donors (Lipinski definition) is 1. The van der Waals surface area contributed by atoms with E-state index in [1.165, 1.54) is 0 Å². The summed E-state index contributed by atoms with van der Waals surface area (Å²) in [4.78, 5) is 1.16. The highest BCUT2D eigenvalue weighted by Gasteiger charge is 2.05. The molecule has 0 saturated heterocycles. The first kappa shape index (κ1) is 15.7. The molecule has 2 aromatic rings. The average Bonchev–Trinajstić information content (AvgIpc) is 2.53. The third-order valence-corrected chi connectivity index (χ3v) is 4.23. The van der Waals surface area contributed by atoms with Gasteiger partial charge in [0.05, 0.1) is 12.8 Å². The first-order valence-electron chi connectivity index (χ1n) is 6.46. The average molecular weight is 322 g/mol. The molecule has 0 fully saturated rings. The van der Waals surface area contributed by atoms with Crippen LogP contribution in [-0.2, 0) is 0 Å². The largest absolute Gasteiger partial charge is 0.497 e. The van der Waals surface area contributed by atoms with E-state index in [1.54, 1.807) is 31.0 Å². The number of oxime groups is 1. The highest BCUT2D eigenvalue weighted by atomic mass is 35.5. The summed E-state index contributed by atoms with van der Waals surface area (Å²) in [6.07, 6.45) is 0.675. The van der Waals surface area contributed by atoms with Crippen molar-refractivity contribution < 1.29 is 9.94 Å². The minimum Gasteiger partial charge on any atom is -0.497 e. The normalized spacial score (nSPS) is 11.4. The van der Waals surface area contributed by atoms with E-state index in [2.05, 4.69) is 5.16 Å². The zero-order chi connectivity index (χ0) is 15.1. The second kappa shape index (κ2) is 7.96. The van der Waals surface area contributed by atoms with Crippen LogP contribution in [0.25, 0.3) is 0 Å². The zero-order valence-corrected chi connectivity index (χ0v) is 13.2. The Kier molecular flexibility index (Phi) is 5.96. The lowest BCUT2D eigenvalue weighted by molar-refractivity contribution is 0.318. The molecule has 1 N–H and O–H groups in total. The van der Waals surface area contributed by atoms with Crippen LogP contribution in [0, 0.1) is 0 Å². The van der Waals surface area contributed by atoms with Gasteiger partial charge in [-0.1, -0.05) is 28.9 Å². The van der Waals surface area contributed by atoms with Gasteiger partial charge >= 0.3 is 0 Å². The fraction of sp³-hybridized carbons (Fsp3) is 0.188. The molecular formula is C16H16ClNO2S. The number of benzene rings is 2. The van der Waals surface area contributed by atoms with Crippen LogP contribution in [-0.4, -0.2) is 23.8 Å². The maximum atomic E-state index is 9.14. The van der Waals surface area contributed by atoms with Gasteiger partial charge in [0.1, 0.15) is 5.75 Å². The second-order valence-corrected chi connectivity index (χ2v) is 5.93. The maximum absolute atomic E-state index is 9.14. The van der Waals surface area contributed by atoms with E-state index >= 15 is 0 Å². The summed E-state index contributed by atoms with van der Waals surface area (Å²) in [5.74, 6) is 1.67. The smallest absolute Gasteiger partial charge is 0.118 e. The van der Waals surface area contributed by atoms with Crippen LogP contribution in [0.1, 0.15) is 12.0 Å². The van der Waals surface area contributed by atoms with Crippen molar-refractivity contribution in [1.82, 2.24) is 0 Å². The molecule has 0 amide bonds. The van der Waals surface area contributed by atoms with Crippen LogP contribution in [0.5, 0.6) is 5.75 Å². The Bertz CT molecular complexity index is 597. The standard InChI is InChI=1S/C16H16ClNO2S/c1-20-14-6-8-15(9-7-14)21-11-10-16(18-19)12-2-4-13(17)5-3-12/h2-9,19H,10-11H2,1H3/b18-16+. The maximum Gasteiger partial charge on any atom is 0.118 e. The summed E-state index contributed by atoms with van der Waals surface area (Å²) in [6.45, 7) is 0. The molecule has 0 spiro atoms. The Morgan fingerprint density at radius 1 is 1.14 bits per heavy atom. The zero-order valence-electron chi connectivity index (χ0n) is 11.6. The fourth-order valence-corrected chi connectivity index (χ4v) is 2.82. The predicted octanol–water partition coefficient (Wildman–Crippen LogP) is 4.71. The van der Waals surface area contributed by atoms with Gasteiger partial charge in [-0.2, -0.15) is 0 Å². The van der Waals surface area contributed by atoms with Crippen molar-refractivity contribution in [2.45, 2.75) is 11.3 Å². The number of ether oxygens (including phenoxy) is 1. The molecule has 0 unspecified atom stereocenters. The van der Waals surface area contributed by atoms with Crippen LogP contribution < -0.4 is 4.74 Å². The lowest BCUT2D eigenvalue weighted by Gasteiger charge is -2.06. The van der Waals surface area contributed by atoms with Crippen molar-refractivity contribution in [2.24, 2.45) is 5.16 Å². The molecule has 0 aromatic heterocycles. The van der Waals surface area contributed by atoms with E-state index in [4.69, 9.17) is 21.5 Å². The van der Waals surface area contributed by atoms with E-state index in [9.17, 15) is 0 Å². The summed E-state index contributed by atoms with van der Waals surface area (Å²) in [7, 11) is 1.65. The molecule has 0 aliphatic rings. The third-order valence-electron chi connectivity index (χ3n) is 2.97. The van der Waals surface area contributed by atoms with Crippen LogP contribution >= 0.6 is 23.4 Å². The summed E-state index contributed by atoms with van der Waals surface area (Å²) in [5, 5.41) is 13.2. The Morgan fingerprint density at radius 3 is 2.38 bits per heavy atom. The molecule has 0 saturated carbocycles. The van der Waals surface area contributed by atoms with Crippen molar-refractivity contribution in [2.75, 3.05) is 12.9 Å². The van der Waals surface area contributed by atoms with E-state index in [0.29, 0.717) is 17.2 Å². The molecule has 0 atom stereocenters. The van der Waals surface area contributed by atoms with Gasteiger partial charge in [-0.15, -0.1) is 11.8 Å². The summed E-state index contributed by atoms with van der Waals surface area (Å²) < 4.78 is 5.12. The van der Waals surface area contributed by atoms with Crippen molar-refractivity contribution in [3.05, 3.63) is 59.1 Å². The number of methoxy groups -OCH3 is 1. The molecule has 0 radical (unpaired) electrons. The number of rotatable bonds is 6. The van der Waals surface area contributed by atoms with Crippen molar-refractivity contribution in [3.8, 4) is 5.75 Å². The molecule has 0 aliphatic carbocycles. The first-order valence-corrected chi connectivity index (χ1v) is 7.83. The molecule has 0 heterocycles. The van der Waals surface area contributed by atoms with Crippen LogP contribution in [0.3, 0.4) is 0 Å².